The second-order valence-corrected chi connectivity index (χ2v) is 6.80. The number of anilines is 1. The lowest BCUT2D eigenvalue weighted by Crippen LogP contribution is -2.30. The minimum Gasteiger partial charge on any atom is -0.322 e. The van der Waals surface area contributed by atoms with Crippen molar-refractivity contribution < 1.29 is 9.59 Å². The lowest BCUT2D eigenvalue weighted by molar-refractivity contribution is -0.122. The largest absolute Gasteiger partial charge is 0.322 e. The van der Waals surface area contributed by atoms with E-state index in [1.54, 1.807) is 4.90 Å². The minimum atomic E-state index is -0.299. The van der Waals surface area contributed by atoms with Crippen LogP contribution in [0.5, 0.6) is 0 Å². The van der Waals surface area contributed by atoms with Crippen LogP contribution in [0.25, 0.3) is 0 Å². The number of thioether (sulfide) groups is 1. The number of hydrogen-bond acceptors (Lipinski definition) is 4. The lowest BCUT2D eigenvalue weighted by Gasteiger charge is -2.14. The summed E-state index contributed by atoms with van der Waals surface area (Å²) in [7, 11) is 0. The normalized spacial score (nSPS) is 17.5. The van der Waals surface area contributed by atoms with Crippen molar-refractivity contribution in [2.75, 3.05) is 18.4 Å². The Bertz CT molecular complexity index is 656. The molecule has 1 aromatic carbocycles. The number of nitrogens with one attached hydrogen (secondary N) is 1. The van der Waals surface area contributed by atoms with Crippen molar-refractivity contribution >= 4 is 34.4 Å². The highest BCUT2D eigenvalue weighted by molar-refractivity contribution is 8.18. The molecule has 1 aliphatic rings. The number of para-hydroxylation sites is 1. The van der Waals surface area contributed by atoms with Gasteiger partial charge in [-0.3, -0.25) is 19.5 Å². The Kier molecular flexibility index (Phi) is 7.73. The summed E-state index contributed by atoms with van der Waals surface area (Å²) in [6.07, 6.45) is 5.36. The first-order valence-electron chi connectivity index (χ1n) is 8.77. The number of hydrogen-bond donors (Lipinski definition) is 1. The zero-order valence-electron chi connectivity index (χ0n) is 14.8. The molecule has 0 unspecified atom stereocenters. The molecule has 5 nitrogen and oxygen atoms in total. The van der Waals surface area contributed by atoms with Crippen molar-refractivity contribution in [3.05, 3.63) is 41.3 Å². The number of amidine groups is 1. The first-order chi connectivity index (χ1) is 12.2. The first kappa shape index (κ1) is 19.2. The molecule has 1 N–H and O–H groups in total. The van der Waals surface area contributed by atoms with Gasteiger partial charge in [-0.2, -0.15) is 0 Å². The first-order valence-corrected chi connectivity index (χ1v) is 9.59. The summed E-state index contributed by atoms with van der Waals surface area (Å²) in [4.78, 5) is 31.5. The molecule has 1 aromatic rings. The number of rotatable bonds is 8. The molecule has 2 amide bonds. The third-order valence-electron chi connectivity index (χ3n) is 3.69. The Labute approximate surface area is 153 Å². The molecule has 0 aromatic heterocycles. The number of amides is 2. The van der Waals surface area contributed by atoms with E-state index in [2.05, 4.69) is 24.2 Å². The van der Waals surface area contributed by atoms with Gasteiger partial charge in [0.15, 0.2) is 5.17 Å². The van der Waals surface area contributed by atoms with E-state index in [1.807, 2.05) is 30.3 Å². The Balaban J connectivity index is 2.10. The quantitative estimate of drug-likeness (QED) is 0.563. The third-order valence-corrected chi connectivity index (χ3v) is 4.73. The third kappa shape index (κ3) is 5.74. The van der Waals surface area contributed by atoms with E-state index in [1.165, 1.54) is 17.8 Å². The van der Waals surface area contributed by atoms with Gasteiger partial charge < -0.3 is 5.32 Å². The average molecular weight is 359 g/mol. The maximum absolute atomic E-state index is 12.6. The van der Waals surface area contributed by atoms with Crippen LogP contribution in [-0.4, -0.2) is 35.0 Å². The molecule has 0 bridgehead atoms. The number of unbranched alkanes of at least 4 members (excludes halogenated alkanes) is 2. The van der Waals surface area contributed by atoms with Crippen molar-refractivity contribution in [1.29, 1.82) is 0 Å². The van der Waals surface area contributed by atoms with Crippen LogP contribution in [0.2, 0.25) is 0 Å². The maximum Gasteiger partial charge on any atom is 0.266 e. The Morgan fingerprint density at radius 1 is 1.20 bits per heavy atom. The van der Waals surface area contributed by atoms with E-state index in [-0.39, 0.29) is 11.8 Å². The fourth-order valence-corrected chi connectivity index (χ4v) is 3.29. The van der Waals surface area contributed by atoms with Gasteiger partial charge >= 0.3 is 0 Å². The monoisotopic (exact) mass is 359 g/mol. The van der Waals surface area contributed by atoms with Crippen LogP contribution in [0.3, 0.4) is 0 Å². The van der Waals surface area contributed by atoms with Crippen molar-refractivity contribution in [1.82, 2.24) is 4.90 Å². The smallest absolute Gasteiger partial charge is 0.266 e. The van der Waals surface area contributed by atoms with E-state index in [0.717, 1.165) is 25.7 Å². The van der Waals surface area contributed by atoms with E-state index in [9.17, 15) is 9.59 Å². The lowest BCUT2D eigenvalue weighted by atomic mass is 10.3. The highest BCUT2D eigenvalue weighted by Crippen LogP contribution is 2.31. The molecule has 1 aliphatic heterocycles. The fraction of sp³-hybridized carbons (Fsp3) is 0.421. The van der Waals surface area contributed by atoms with Crippen molar-refractivity contribution in [3.63, 3.8) is 0 Å². The highest BCUT2D eigenvalue weighted by atomic mass is 32.2. The summed E-state index contributed by atoms with van der Waals surface area (Å²) < 4.78 is 0. The molecular formula is C19H25N3O2S. The fourth-order valence-electron chi connectivity index (χ4n) is 2.29. The minimum absolute atomic E-state index is 0.128. The van der Waals surface area contributed by atoms with E-state index in [0.29, 0.717) is 28.8 Å². The molecule has 1 saturated heterocycles. The highest BCUT2D eigenvalue weighted by Gasteiger charge is 2.33. The van der Waals surface area contributed by atoms with Crippen LogP contribution in [0.15, 0.2) is 46.3 Å². The van der Waals surface area contributed by atoms with Crippen LogP contribution < -0.4 is 5.32 Å². The number of benzene rings is 1. The van der Waals surface area contributed by atoms with Gasteiger partial charge in [-0.1, -0.05) is 44.9 Å². The van der Waals surface area contributed by atoms with Crippen LogP contribution in [0, 0.1) is 0 Å². The molecule has 1 heterocycles. The van der Waals surface area contributed by atoms with Gasteiger partial charge in [0.1, 0.15) is 0 Å². The maximum atomic E-state index is 12.6. The molecule has 0 aliphatic carbocycles. The molecule has 25 heavy (non-hydrogen) atoms. The number of nitrogens with zero attached hydrogens (tertiary/aromatic N) is 2. The SMILES string of the molecule is CCCCN=C1S/C(=C/C(=O)Nc2ccccc2)C(=O)N1CCCC. The molecule has 0 atom stereocenters. The van der Waals surface area contributed by atoms with Crippen molar-refractivity contribution in [3.8, 4) is 0 Å². The van der Waals surface area contributed by atoms with Gasteiger partial charge in [-0.05, 0) is 36.7 Å². The molecular weight excluding hydrogens is 334 g/mol. The van der Waals surface area contributed by atoms with Crippen LogP contribution >= 0.6 is 11.8 Å². The predicted molar refractivity (Wildman–Crippen MR) is 105 cm³/mol. The molecule has 2 rings (SSSR count). The predicted octanol–water partition coefficient (Wildman–Crippen LogP) is 4.04. The molecule has 0 saturated carbocycles. The molecule has 134 valence electrons. The van der Waals surface area contributed by atoms with Gasteiger partial charge in [0.25, 0.3) is 5.91 Å². The van der Waals surface area contributed by atoms with Crippen molar-refractivity contribution in [2.45, 2.75) is 39.5 Å². The van der Waals surface area contributed by atoms with E-state index >= 15 is 0 Å². The summed E-state index contributed by atoms with van der Waals surface area (Å²) in [6.45, 7) is 5.55. The zero-order valence-corrected chi connectivity index (χ0v) is 15.6. The van der Waals surface area contributed by atoms with Gasteiger partial charge in [0.05, 0.1) is 4.91 Å². The second-order valence-electron chi connectivity index (χ2n) is 5.79. The number of aliphatic imine (C=N–C) groups is 1. The van der Waals surface area contributed by atoms with Gasteiger partial charge in [-0.25, -0.2) is 0 Å². The molecule has 0 radical (unpaired) electrons. The average Bonchev–Trinajstić information content (AvgIpc) is 2.89. The van der Waals surface area contributed by atoms with Crippen LogP contribution in [0.4, 0.5) is 5.69 Å². The van der Waals surface area contributed by atoms with Crippen LogP contribution in [0.1, 0.15) is 39.5 Å². The van der Waals surface area contributed by atoms with Crippen molar-refractivity contribution in [2.24, 2.45) is 4.99 Å². The Hall–Kier alpha value is -2.08. The molecule has 0 spiro atoms. The summed E-state index contributed by atoms with van der Waals surface area (Å²) in [5.41, 5.74) is 0.708. The Morgan fingerprint density at radius 3 is 2.60 bits per heavy atom. The second kappa shape index (κ2) is 10.0. The van der Waals surface area contributed by atoms with Gasteiger partial charge in [-0.15, -0.1) is 0 Å². The Morgan fingerprint density at radius 2 is 1.92 bits per heavy atom. The van der Waals surface area contributed by atoms with Crippen LogP contribution in [-0.2, 0) is 9.59 Å². The summed E-state index contributed by atoms with van der Waals surface area (Å²) in [6, 6.07) is 9.21. The molecule has 6 heteroatoms. The van der Waals surface area contributed by atoms with Gasteiger partial charge in [0.2, 0.25) is 5.91 Å². The summed E-state index contributed by atoms with van der Waals surface area (Å²) >= 11 is 1.29. The number of carbonyl (C=O) groups excluding carboxylic acids is 2. The standard InChI is InChI=1S/C19H25N3O2S/c1-3-5-12-20-19-22(13-6-4-2)18(24)16(25-19)14-17(23)21-15-10-8-7-9-11-15/h7-11,14H,3-6,12-13H2,1-2H3,(H,21,23)/b16-14+,20-19?. The van der Waals surface area contributed by atoms with E-state index < -0.39 is 0 Å². The summed E-state index contributed by atoms with van der Waals surface area (Å²) in [5.74, 6) is -0.427. The van der Waals surface area contributed by atoms with E-state index in [4.69, 9.17) is 0 Å². The topological polar surface area (TPSA) is 61.8 Å². The van der Waals surface area contributed by atoms with Gasteiger partial charge in [0, 0.05) is 24.9 Å². The zero-order chi connectivity index (χ0) is 18.1. The number of carbonyl (C=O) groups is 2. The molecule has 1 fully saturated rings. The summed E-state index contributed by atoms with van der Waals surface area (Å²) in [5, 5.41) is 3.49.